The van der Waals surface area contributed by atoms with Crippen LogP contribution >= 0.6 is 23.1 Å². The number of para-hydroxylation sites is 1. The van der Waals surface area contributed by atoms with Crippen LogP contribution in [0.3, 0.4) is 0 Å². The van der Waals surface area contributed by atoms with Crippen molar-refractivity contribution in [2.75, 3.05) is 11.1 Å². The molecule has 35 heavy (non-hydrogen) atoms. The van der Waals surface area contributed by atoms with E-state index in [1.807, 2.05) is 49.6 Å². The largest absolute Gasteiger partial charge is 0.482 e. The summed E-state index contributed by atoms with van der Waals surface area (Å²) in [7, 11) is 0. The number of nitrogens with one attached hydrogen (secondary N) is 1. The SMILES string of the molecule is CCC1CCc2c(sc(NC(=O)CSc3nnc(C(C)Oc4ccccc4C)n3CC)c2C#N)C1. The third-order valence-corrected chi connectivity index (χ3v) is 8.60. The van der Waals surface area contributed by atoms with E-state index in [9.17, 15) is 10.1 Å². The van der Waals surface area contributed by atoms with E-state index in [0.717, 1.165) is 48.4 Å². The molecule has 2 atom stereocenters. The summed E-state index contributed by atoms with van der Waals surface area (Å²) in [4.78, 5) is 14.0. The lowest BCUT2D eigenvalue weighted by Crippen LogP contribution is -2.15. The van der Waals surface area contributed by atoms with Crippen LogP contribution in [-0.4, -0.2) is 26.4 Å². The first-order valence-electron chi connectivity index (χ1n) is 12.1. The molecule has 1 aromatic carbocycles. The van der Waals surface area contributed by atoms with E-state index in [4.69, 9.17) is 4.74 Å². The molecule has 184 valence electrons. The molecular weight excluding hydrogens is 478 g/mol. The van der Waals surface area contributed by atoms with E-state index in [0.29, 0.717) is 28.2 Å². The molecule has 2 heterocycles. The normalized spacial score (nSPS) is 15.8. The first-order valence-corrected chi connectivity index (χ1v) is 13.9. The third kappa shape index (κ3) is 5.54. The molecule has 4 rings (SSSR count). The van der Waals surface area contributed by atoms with Gasteiger partial charge in [0.05, 0.1) is 11.3 Å². The smallest absolute Gasteiger partial charge is 0.235 e. The number of rotatable bonds is 9. The van der Waals surface area contributed by atoms with Crippen LogP contribution in [0.1, 0.15) is 67.1 Å². The molecule has 1 N–H and O–H groups in total. The molecule has 0 saturated heterocycles. The van der Waals surface area contributed by atoms with Crippen molar-refractivity contribution < 1.29 is 9.53 Å². The quantitative estimate of drug-likeness (QED) is 0.360. The highest BCUT2D eigenvalue weighted by Crippen LogP contribution is 2.40. The predicted molar refractivity (Wildman–Crippen MR) is 140 cm³/mol. The molecular formula is C26H31N5O2S2. The standard InChI is InChI=1S/C26H31N5O2S2/c1-5-18-11-12-19-20(14-27)25(35-22(19)13-18)28-23(32)15-34-26-30-29-24(31(26)6-2)17(4)33-21-10-8-7-9-16(21)3/h7-10,17-18H,5-6,11-13,15H2,1-4H3,(H,28,32). The van der Waals surface area contributed by atoms with Crippen molar-refractivity contribution in [3.05, 3.63) is 51.7 Å². The van der Waals surface area contributed by atoms with E-state index < -0.39 is 0 Å². The van der Waals surface area contributed by atoms with Gasteiger partial charge in [-0.1, -0.05) is 43.3 Å². The van der Waals surface area contributed by atoms with Crippen molar-refractivity contribution in [3.8, 4) is 11.8 Å². The summed E-state index contributed by atoms with van der Waals surface area (Å²) in [5.74, 6) is 2.25. The Labute approximate surface area is 214 Å². The summed E-state index contributed by atoms with van der Waals surface area (Å²) in [6.07, 6.45) is 3.89. The number of hydrogen-bond donors (Lipinski definition) is 1. The summed E-state index contributed by atoms with van der Waals surface area (Å²) in [5, 5.41) is 22.7. The molecule has 0 saturated carbocycles. The lowest BCUT2D eigenvalue weighted by molar-refractivity contribution is -0.113. The summed E-state index contributed by atoms with van der Waals surface area (Å²) in [5.41, 5.74) is 2.83. The number of carbonyl (C=O) groups is 1. The van der Waals surface area contributed by atoms with Gasteiger partial charge in [-0.2, -0.15) is 5.26 Å². The minimum absolute atomic E-state index is 0.145. The second-order valence-corrected chi connectivity index (χ2v) is 10.8. The first-order chi connectivity index (χ1) is 16.9. The number of nitriles is 1. The average Bonchev–Trinajstić information content (AvgIpc) is 3.43. The summed E-state index contributed by atoms with van der Waals surface area (Å²) in [6.45, 7) is 8.87. The highest BCUT2D eigenvalue weighted by Gasteiger charge is 2.26. The van der Waals surface area contributed by atoms with E-state index >= 15 is 0 Å². The van der Waals surface area contributed by atoms with Crippen molar-refractivity contribution in [2.45, 2.75) is 71.2 Å². The van der Waals surface area contributed by atoms with Crippen LogP contribution in [0, 0.1) is 24.2 Å². The number of aryl methyl sites for hydroxylation is 1. The molecule has 0 spiro atoms. The molecule has 0 bridgehead atoms. The number of benzene rings is 1. The zero-order valence-electron chi connectivity index (χ0n) is 20.6. The number of amides is 1. The zero-order chi connectivity index (χ0) is 24.9. The van der Waals surface area contributed by atoms with Crippen LogP contribution in [-0.2, 0) is 24.2 Å². The van der Waals surface area contributed by atoms with E-state index in [1.165, 1.54) is 16.6 Å². The van der Waals surface area contributed by atoms with Gasteiger partial charge in [-0.25, -0.2) is 0 Å². The monoisotopic (exact) mass is 509 g/mol. The highest BCUT2D eigenvalue weighted by atomic mass is 32.2. The second-order valence-electron chi connectivity index (χ2n) is 8.78. The lowest BCUT2D eigenvalue weighted by atomic mass is 9.86. The summed E-state index contributed by atoms with van der Waals surface area (Å²) >= 11 is 2.90. The van der Waals surface area contributed by atoms with Crippen LogP contribution in [0.5, 0.6) is 5.75 Å². The minimum Gasteiger partial charge on any atom is -0.482 e. The number of ether oxygens (including phenoxy) is 1. The highest BCUT2D eigenvalue weighted by molar-refractivity contribution is 7.99. The molecule has 2 aromatic heterocycles. The molecule has 0 fully saturated rings. The molecule has 2 unspecified atom stereocenters. The van der Waals surface area contributed by atoms with Gasteiger partial charge in [0.1, 0.15) is 16.8 Å². The van der Waals surface area contributed by atoms with Crippen LogP contribution in [0.25, 0.3) is 0 Å². The van der Waals surface area contributed by atoms with Crippen LogP contribution in [0.4, 0.5) is 5.00 Å². The number of carbonyl (C=O) groups excluding carboxylic acids is 1. The molecule has 1 aliphatic carbocycles. The van der Waals surface area contributed by atoms with Crippen molar-refractivity contribution in [1.29, 1.82) is 5.26 Å². The Morgan fingerprint density at radius 3 is 2.89 bits per heavy atom. The van der Waals surface area contributed by atoms with Gasteiger partial charge >= 0.3 is 0 Å². The van der Waals surface area contributed by atoms with Gasteiger partial charge in [0.15, 0.2) is 17.1 Å². The molecule has 0 radical (unpaired) electrons. The second kappa shape index (κ2) is 11.3. The molecule has 0 aliphatic heterocycles. The molecule has 1 aliphatic rings. The Morgan fingerprint density at radius 2 is 2.17 bits per heavy atom. The molecule has 1 amide bonds. The van der Waals surface area contributed by atoms with Gasteiger partial charge in [0.25, 0.3) is 0 Å². The van der Waals surface area contributed by atoms with Crippen LogP contribution in [0.2, 0.25) is 0 Å². The number of fused-ring (bicyclic) bond motifs is 1. The van der Waals surface area contributed by atoms with Gasteiger partial charge in [-0.05, 0) is 63.1 Å². The summed E-state index contributed by atoms with van der Waals surface area (Å²) < 4.78 is 8.11. The average molecular weight is 510 g/mol. The number of anilines is 1. The van der Waals surface area contributed by atoms with Crippen molar-refractivity contribution in [1.82, 2.24) is 14.8 Å². The summed E-state index contributed by atoms with van der Waals surface area (Å²) in [6, 6.07) is 10.2. The van der Waals surface area contributed by atoms with Gasteiger partial charge in [0.2, 0.25) is 5.91 Å². The Hall–Kier alpha value is -2.83. The van der Waals surface area contributed by atoms with Crippen LogP contribution in [0.15, 0.2) is 29.4 Å². The van der Waals surface area contributed by atoms with E-state index in [-0.39, 0.29) is 17.8 Å². The zero-order valence-corrected chi connectivity index (χ0v) is 22.3. The maximum absolute atomic E-state index is 12.8. The van der Waals surface area contributed by atoms with Crippen molar-refractivity contribution in [3.63, 3.8) is 0 Å². The molecule has 9 heteroatoms. The van der Waals surface area contributed by atoms with Crippen molar-refractivity contribution in [2.24, 2.45) is 5.92 Å². The maximum atomic E-state index is 12.8. The number of thiophene rings is 1. The van der Waals surface area contributed by atoms with E-state index in [2.05, 4.69) is 28.5 Å². The molecule has 7 nitrogen and oxygen atoms in total. The Bertz CT molecular complexity index is 1240. The topological polar surface area (TPSA) is 92.8 Å². The maximum Gasteiger partial charge on any atom is 0.235 e. The number of aromatic nitrogens is 3. The predicted octanol–water partition coefficient (Wildman–Crippen LogP) is 5.93. The van der Waals surface area contributed by atoms with Gasteiger partial charge < -0.3 is 14.6 Å². The van der Waals surface area contributed by atoms with E-state index in [1.54, 1.807) is 11.3 Å². The lowest BCUT2D eigenvalue weighted by Gasteiger charge is -2.20. The van der Waals surface area contributed by atoms with Gasteiger partial charge in [0, 0.05) is 11.4 Å². The number of nitrogens with zero attached hydrogens (tertiary/aromatic N) is 4. The Kier molecular flexibility index (Phi) is 8.14. The Morgan fingerprint density at radius 1 is 1.37 bits per heavy atom. The fourth-order valence-corrected chi connectivity index (χ4v) is 6.58. The Balaban J connectivity index is 1.41. The number of hydrogen-bond acceptors (Lipinski definition) is 7. The molecule has 3 aromatic rings. The number of thioether (sulfide) groups is 1. The fourth-order valence-electron chi connectivity index (χ4n) is 4.44. The first kappa shape index (κ1) is 25.3. The fraction of sp³-hybridized carbons (Fsp3) is 0.462. The van der Waals surface area contributed by atoms with Gasteiger partial charge in [-0.15, -0.1) is 21.5 Å². The van der Waals surface area contributed by atoms with Crippen LogP contribution < -0.4 is 10.1 Å². The minimum atomic E-state index is -0.283. The van der Waals surface area contributed by atoms with Gasteiger partial charge in [-0.3, -0.25) is 4.79 Å². The third-order valence-electron chi connectivity index (χ3n) is 6.46. The van der Waals surface area contributed by atoms with Crippen molar-refractivity contribution >= 4 is 34.0 Å².